The van der Waals surface area contributed by atoms with Crippen LogP contribution in [-0.4, -0.2) is 122 Å². The summed E-state index contributed by atoms with van der Waals surface area (Å²) in [5.74, 6) is 3.65. The fourth-order valence-electron chi connectivity index (χ4n) is 8.06. The first-order chi connectivity index (χ1) is 30.8. The van der Waals surface area contributed by atoms with Gasteiger partial charge < -0.3 is 41.2 Å². The molecule has 2 amide bonds. The maximum Gasteiger partial charge on any atom is 0.407 e. The highest BCUT2D eigenvalue weighted by Gasteiger charge is 2.56. The number of rotatable bonds is 16. The second kappa shape index (κ2) is 21.0. The number of aromatic nitrogens is 1. The molecule has 1 aromatic heterocycles. The van der Waals surface area contributed by atoms with Crippen molar-refractivity contribution in [3.8, 4) is 11.8 Å². The number of halogens is 7. The lowest BCUT2D eigenvalue weighted by Crippen LogP contribution is -2.62. The molecule has 13 nitrogen and oxygen atoms in total. The Hall–Kier alpha value is -5.75. The molecule has 6 N–H and O–H groups in total. The van der Waals surface area contributed by atoms with E-state index in [1.54, 1.807) is 30.5 Å². The Balaban J connectivity index is 1.14. The van der Waals surface area contributed by atoms with E-state index >= 15 is 8.78 Å². The van der Waals surface area contributed by atoms with E-state index in [2.05, 4.69) is 42.0 Å². The molecule has 0 aliphatic carbocycles. The van der Waals surface area contributed by atoms with Gasteiger partial charge in [0.05, 0.1) is 43.9 Å². The average molecular weight is 917 g/mol. The predicted molar refractivity (Wildman–Crippen MR) is 228 cm³/mol. The number of anilines is 1. The molecule has 3 aliphatic heterocycles. The third-order valence-corrected chi connectivity index (χ3v) is 12.0. The highest BCUT2D eigenvalue weighted by molar-refractivity contribution is 5.87. The molecule has 6 rings (SSSR count). The van der Waals surface area contributed by atoms with Gasteiger partial charge in [-0.3, -0.25) is 9.69 Å². The number of carbonyl (C=O) groups excluding carboxylic acids is 2. The number of hydrogen-bond donors (Lipinski definition) is 5. The third kappa shape index (κ3) is 12.1. The van der Waals surface area contributed by atoms with Gasteiger partial charge in [0.25, 0.3) is 0 Å². The average Bonchev–Trinajstić information content (AvgIpc) is 3.47. The van der Waals surface area contributed by atoms with Gasteiger partial charge in [-0.1, -0.05) is 24.0 Å². The Morgan fingerprint density at radius 2 is 1.63 bits per heavy atom. The van der Waals surface area contributed by atoms with E-state index in [0.717, 1.165) is 84.1 Å². The topological polar surface area (TPSA) is 167 Å². The number of hydrogen-bond acceptors (Lipinski definition) is 11. The van der Waals surface area contributed by atoms with Crippen LogP contribution < -0.4 is 26.6 Å². The van der Waals surface area contributed by atoms with Crippen molar-refractivity contribution in [2.75, 3.05) is 44.9 Å². The summed E-state index contributed by atoms with van der Waals surface area (Å²) in [5.41, 5.74) is 3.88. The SMILES string of the molecule is COC(=O)N[C@H](C(=O)N[C@@H](Cc1ccc(C#Cc2ccc(N3CC4CCC(C3)N4C3COC3)nc2)cc1)[C@@H](O)CNCc1c(F)cc(C(N)=CC=NC(F)F)cc1F)C(C)(C)C(F)(F)F. The molecule has 0 saturated carbocycles. The summed E-state index contributed by atoms with van der Waals surface area (Å²) in [6.45, 7) is 0.905. The number of amides is 2. The monoisotopic (exact) mass is 916 g/mol. The molecule has 0 spiro atoms. The third-order valence-electron chi connectivity index (χ3n) is 12.0. The number of methoxy groups -OCH3 is 1. The van der Waals surface area contributed by atoms with Crippen molar-refractivity contribution < 1.29 is 54.9 Å². The molecular weight excluding hydrogens is 866 g/mol. The lowest BCUT2D eigenvalue weighted by molar-refractivity contribution is -0.220. The number of allylic oxidation sites excluding steroid dienone is 1. The normalized spacial score (nSPS) is 19.6. The number of aliphatic imine (C=N–C) groups is 1. The number of pyridine rings is 1. The van der Waals surface area contributed by atoms with Crippen LogP contribution in [0.15, 0.2) is 65.8 Å². The number of aliphatic hydroxyl groups excluding tert-OH is 1. The highest BCUT2D eigenvalue weighted by atomic mass is 19.4. The fraction of sp³-hybridized carbons (Fsp3) is 0.467. The predicted octanol–water partition coefficient (Wildman–Crippen LogP) is 4.90. The van der Waals surface area contributed by atoms with Crippen LogP contribution in [0.4, 0.5) is 41.3 Å². The quantitative estimate of drug-likeness (QED) is 0.0578. The lowest BCUT2D eigenvalue weighted by atomic mass is 9.82. The summed E-state index contributed by atoms with van der Waals surface area (Å²) in [7, 11) is 0.916. The minimum Gasteiger partial charge on any atom is -0.453 e. The number of carbonyl (C=O) groups is 2. The molecule has 3 aliphatic rings. The Morgan fingerprint density at radius 3 is 2.18 bits per heavy atom. The first kappa shape index (κ1) is 48.7. The van der Waals surface area contributed by atoms with Crippen LogP contribution in [0.25, 0.3) is 5.70 Å². The zero-order valence-corrected chi connectivity index (χ0v) is 35.8. The van der Waals surface area contributed by atoms with Crippen LogP contribution in [-0.2, 0) is 27.2 Å². The van der Waals surface area contributed by atoms with Crippen molar-refractivity contribution in [3.05, 3.63) is 100 Å². The zero-order valence-electron chi connectivity index (χ0n) is 35.8. The van der Waals surface area contributed by atoms with Crippen molar-refractivity contribution in [2.45, 2.75) is 88.7 Å². The molecule has 4 heterocycles. The van der Waals surface area contributed by atoms with Gasteiger partial charge in [0, 0.05) is 78.6 Å². The first-order valence-corrected chi connectivity index (χ1v) is 20.9. The molecule has 2 aromatic carbocycles. The highest BCUT2D eigenvalue weighted by Crippen LogP contribution is 2.41. The number of aliphatic hydroxyl groups is 1. The van der Waals surface area contributed by atoms with Gasteiger partial charge in [0.2, 0.25) is 5.91 Å². The first-order valence-electron chi connectivity index (χ1n) is 20.9. The van der Waals surface area contributed by atoms with E-state index in [-0.39, 0.29) is 17.7 Å². The standard InChI is InChI=1S/C45H51F7N8O5/c1-44(2,45(50,51)52)40(58-43(63)64-3)41(62)57-37(38(61)21-54-20-33-34(46)17-29(18-35(33)47)36(53)14-15-55-42(48)49)16-27-7-4-26(5-8-27)6-9-28-10-13-39(56-19-28)59-22-30-11-12-31(23-59)60(30)32-24-65-25-32/h4-5,7-8,10,13-15,17-19,30-32,37-38,40,42,54,61H,11-12,16,20-25,53H2,1-3H3,(H,57,62)(H,58,63)/t30?,31?,37-,38-,40+/m0/s1. The summed E-state index contributed by atoms with van der Waals surface area (Å²) in [4.78, 5) is 38.2. The number of nitrogens with one attached hydrogen (secondary N) is 3. The van der Waals surface area contributed by atoms with E-state index in [1.165, 1.54) is 0 Å². The molecule has 65 heavy (non-hydrogen) atoms. The van der Waals surface area contributed by atoms with E-state index in [4.69, 9.17) is 15.5 Å². The second-order valence-electron chi connectivity index (χ2n) is 16.7. The Labute approximate surface area is 371 Å². The Bertz CT molecular complexity index is 2230. The molecule has 3 saturated heterocycles. The molecule has 20 heteroatoms. The molecule has 2 unspecified atom stereocenters. The van der Waals surface area contributed by atoms with Gasteiger partial charge in [0.1, 0.15) is 23.5 Å². The summed E-state index contributed by atoms with van der Waals surface area (Å²) in [6.07, 6.45) is -2.32. The van der Waals surface area contributed by atoms with Gasteiger partial charge in [-0.25, -0.2) is 23.6 Å². The van der Waals surface area contributed by atoms with Crippen LogP contribution in [0.3, 0.4) is 0 Å². The van der Waals surface area contributed by atoms with Crippen molar-refractivity contribution in [3.63, 3.8) is 0 Å². The van der Waals surface area contributed by atoms with Crippen molar-refractivity contribution in [1.29, 1.82) is 0 Å². The second-order valence-corrected chi connectivity index (χ2v) is 16.7. The summed E-state index contributed by atoms with van der Waals surface area (Å²) in [5, 5.41) is 18.4. The van der Waals surface area contributed by atoms with Crippen molar-refractivity contribution in [1.82, 2.24) is 25.8 Å². The Morgan fingerprint density at radius 1 is 1.00 bits per heavy atom. The zero-order chi connectivity index (χ0) is 47.1. The number of piperazine rings is 1. The lowest BCUT2D eigenvalue weighted by Gasteiger charge is -2.47. The molecule has 0 radical (unpaired) electrons. The molecule has 3 fully saturated rings. The summed E-state index contributed by atoms with van der Waals surface area (Å²) < 4.78 is 107. The molecular formula is C45H51F7N8O5. The van der Waals surface area contributed by atoms with Crippen LogP contribution in [0.5, 0.6) is 0 Å². The minimum absolute atomic E-state index is 0.145. The van der Waals surface area contributed by atoms with Crippen molar-refractivity contribution in [2.24, 2.45) is 16.1 Å². The number of fused-ring (bicyclic) bond motifs is 2. The summed E-state index contributed by atoms with van der Waals surface area (Å²) >= 11 is 0. The van der Waals surface area contributed by atoms with E-state index in [9.17, 15) is 36.6 Å². The number of nitrogens with zero attached hydrogens (tertiary/aromatic N) is 4. The largest absolute Gasteiger partial charge is 0.453 e. The molecule has 3 aromatic rings. The fourth-order valence-corrected chi connectivity index (χ4v) is 8.06. The van der Waals surface area contributed by atoms with Crippen LogP contribution in [0, 0.1) is 28.9 Å². The van der Waals surface area contributed by atoms with E-state index in [0.29, 0.717) is 41.0 Å². The van der Waals surface area contributed by atoms with Crippen molar-refractivity contribution >= 4 is 29.7 Å². The van der Waals surface area contributed by atoms with E-state index in [1.807, 2.05) is 17.4 Å². The smallest absolute Gasteiger partial charge is 0.407 e. The number of alkyl halides is 5. The van der Waals surface area contributed by atoms with Gasteiger partial charge in [-0.15, -0.1) is 0 Å². The number of benzene rings is 2. The molecule has 350 valence electrons. The van der Waals surface area contributed by atoms with Gasteiger partial charge >= 0.3 is 18.8 Å². The number of nitrogens with two attached hydrogens (primary N) is 1. The van der Waals surface area contributed by atoms with E-state index < -0.39 is 78.6 Å². The molecule has 5 atom stereocenters. The van der Waals surface area contributed by atoms with Gasteiger partial charge in [0.15, 0.2) is 0 Å². The maximum absolute atomic E-state index is 15.0. The van der Waals surface area contributed by atoms with Gasteiger partial charge in [-0.2, -0.15) is 22.0 Å². The van der Waals surface area contributed by atoms with Crippen LogP contribution in [0.1, 0.15) is 54.5 Å². The van der Waals surface area contributed by atoms with Gasteiger partial charge in [-0.05, 0) is 81.1 Å². The molecule has 2 bridgehead atoms. The Kier molecular flexibility index (Phi) is 15.8. The number of alkyl carbamates (subject to hydrolysis) is 1. The minimum atomic E-state index is -4.98. The van der Waals surface area contributed by atoms with Crippen LogP contribution >= 0.6 is 0 Å². The summed E-state index contributed by atoms with van der Waals surface area (Å²) in [6, 6.07) is 10.2. The maximum atomic E-state index is 15.0. The number of ether oxygens (including phenoxy) is 2. The van der Waals surface area contributed by atoms with Crippen LogP contribution in [0.2, 0.25) is 0 Å².